The first-order valence-corrected chi connectivity index (χ1v) is 10.7. The van der Waals surface area contributed by atoms with Crippen LogP contribution < -0.4 is 0 Å². The van der Waals surface area contributed by atoms with Crippen LogP contribution in [0.1, 0.15) is 103 Å². The van der Waals surface area contributed by atoms with Crippen molar-refractivity contribution in [2.24, 2.45) is 0 Å². The minimum Gasteiger partial charge on any atom is -0.481 e. The molecule has 6 nitrogen and oxygen atoms in total. The van der Waals surface area contributed by atoms with Crippen molar-refractivity contribution in [2.45, 2.75) is 109 Å². The normalized spacial score (nSPS) is 12.2. The Morgan fingerprint density at radius 2 is 1.46 bits per heavy atom. The van der Waals surface area contributed by atoms with Crippen LogP contribution in [0.2, 0.25) is 0 Å². The maximum absolute atomic E-state index is 11.4. The lowest BCUT2D eigenvalue weighted by atomic mass is 10.1. The van der Waals surface area contributed by atoms with Crippen molar-refractivity contribution in [3.05, 3.63) is 12.2 Å². The number of aliphatic hydroxyl groups is 1. The van der Waals surface area contributed by atoms with Gasteiger partial charge in [0.25, 0.3) is 0 Å². The van der Waals surface area contributed by atoms with Crippen molar-refractivity contribution in [1.82, 2.24) is 0 Å². The molecule has 0 saturated heterocycles. The maximum atomic E-state index is 11.4. The van der Waals surface area contributed by atoms with Gasteiger partial charge in [-0.1, -0.05) is 64.0 Å². The van der Waals surface area contributed by atoms with E-state index in [1.165, 1.54) is 19.3 Å². The molecule has 0 rings (SSSR count). The number of aliphatic carboxylic acids is 1. The highest BCUT2D eigenvalue weighted by Crippen LogP contribution is 2.11. The van der Waals surface area contributed by atoms with E-state index in [4.69, 9.17) is 5.11 Å². The van der Waals surface area contributed by atoms with Crippen LogP contribution in [0, 0.1) is 0 Å². The Bertz CT molecular complexity index is 458. The molecule has 0 aliphatic carbocycles. The smallest absolute Gasteiger partial charge is 0.314 e. The molecule has 0 aromatic carbocycles. The van der Waals surface area contributed by atoms with Crippen molar-refractivity contribution >= 4 is 17.9 Å². The number of hydrogen-bond donors (Lipinski definition) is 2. The Morgan fingerprint density at radius 1 is 0.821 bits per heavy atom. The lowest BCUT2D eigenvalue weighted by Gasteiger charge is -2.07. The van der Waals surface area contributed by atoms with Gasteiger partial charge < -0.3 is 14.9 Å². The predicted molar refractivity (Wildman–Crippen MR) is 109 cm³/mol. The average molecular weight is 399 g/mol. The van der Waals surface area contributed by atoms with Gasteiger partial charge in [0.15, 0.2) is 0 Å². The van der Waals surface area contributed by atoms with Gasteiger partial charge in [0.05, 0.1) is 18.9 Å². The van der Waals surface area contributed by atoms with Gasteiger partial charge in [0.2, 0.25) is 0 Å². The van der Waals surface area contributed by atoms with E-state index in [9.17, 15) is 19.5 Å². The molecule has 0 aromatic rings. The van der Waals surface area contributed by atoms with Gasteiger partial charge in [0, 0.05) is 6.42 Å². The third kappa shape index (κ3) is 19.1. The molecule has 28 heavy (non-hydrogen) atoms. The minimum atomic E-state index is -1.09. The van der Waals surface area contributed by atoms with E-state index < -0.39 is 17.9 Å². The van der Waals surface area contributed by atoms with Gasteiger partial charge in [-0.25, -0.2) is 0 Å². The summed E-state index contributed by atoms with van der Waals surface area (Å²) in [7, 11) is 0. The number of allylic oxidation sites excluding steroid dienone is 1. The third-order valence-corrected chi connectivity index (χ3v) is 4.49. The van der Waals surface area contributed by atoms with Crippen LogP contribution in [0.4, 0.5) is 0 Å². The maximum Gasteiger partial charge on any atom is 0.314 e. The first-order valence-electron chi connectivity index (χ1n) is 10.7. The number of ether oxygens (including phenoxy) is 1. The van der Waals surface area contributed by atoms with Crippen molar-refractivity contribution in [3.63, 3.8) is 0 Å². The molecule has 0 bridgehead atoms. The monoisotopic (exact) mass is 398 g/mol. The zero-order valence-electron chi connectivity index (χ0n) is 17.4. The van der Waals surface area contributed by atoms with E-state index in [0.717, 1.165) is 51.4 Å². The van der Waals surface area contributed by atoms with Gasteiger partial charge in [0.1, 0.15) is 0 Å². The summed E-state index contributed by atoms with van der Waals surface area (Å²) in [6.07, 6.45) is 15.7. The highest BCUT2D eigenvalue weighted by molar-refractivity contribution is 5.86. The highest BCUT2D eigenvalue weighted by Gasteiger charge is 2.11. The highest BCUT2D eigenvalue weighted by atomic mass is 16.6. The van der Waals surface area contributed by atoms with E-state index in [1.807, 2.05) is 0 Å². The Kier molecular flexibility index (Phi) is 17.5. The topological polar surface area (TPSA) is 101 Å². The van der Waals surface area contributed by atoms with Crippen LogP contribution in [0.25, 0.3) is 0 Å². The number of aliphatic hydroxyl groups excluding tert-OH is 1. The van der Waals surface area contributed by atoms with E-state index in [-0.39, 0.29) is 25.4 Å². The van der Waals surface area contributed by atoms with Crippen LogP contribution in [-0.2, 0) is 19.1 Å². The van der Waals surface area contributed by atoms with Crippen LogP contribution in [0.3, 0.4) is 0 Å². The fourth-order valence-corrected chi connectivity index (χ4v) is 2.80. The number of rotatable bonds is 18. The first kappa shape index (κ1) is 26.3. The molecule has 0 aliphatic rings. The fraction of sp³-hybridized carbons (Fsp3) is 0.773. The van der Waals surface area contributed by atoms with Gasteiger partial charge >= 0.3 is 17.9 Å². The summed E-state index contributed by atoms with van der Waals surface area (Å²) < 4.78 is 4.56. The largest absolute Gasteiger partial charge is 0.481 e. The fourth-order valence-electron chi connectivity index (χ4n) is 2.80. The number of hydrogen-bond acceptors (Lipinski definition) is 5. The summed E-state index contributed by atoms with van der Waals surface area (Å²) in [6, 6.07) is 0. The number of unbranched alkanes of at least 4 members (excludes halogenated alkanes) is 8. The van der Waals surface area contributed by atoms with Gasteiger partial charge in [-0.2, -0.15) is 0 Å². The van der Waals surface area contributed by atoms with E-state index in [2.05, 4.69) is 23.8 Å². The number of carbonyl (C=O) groups is 3. The van der Waals surface area contributed by atoms with Crippen LogP contribution >= 0.6 is 0 Å². The van der Waals surface area contributed by atoms with Crippen LogP contribution in [0.5, 0.6) is 0 Å². The predicted octanol–water partition coefficient (Wildman–Crippen LogP) is 4.93. The third-order valence-electron chi connectivity index (χ3n) is 4.49. The minimum absolute atomic E-state index is 0.189. The molecule has 0 saturated carbocycles. The first-order chi connectivity index (χ1) is 13.5. The zero-order chi connectivity index (χ0) is 21.0. The van der Waals surface area contributed by atoms with Crippen molar-refractivity contribution < 1.29 is 29.3 Å². The second kappa shape index (κ2) is 18.7. The quantitative estimate of drug-likeness (QED) is 0.147. The van der Waals surface area contributed by atoms with Crippen LogP contribution in [0.15, 0.2) is 12.2 Å². The summed E-state index contributed by atoms with van der Waals surface area (Å²) in [5, 5.41) is 18.3. The Hall–Kier alpha value is -1.69. The molecule has 0 fully saturated rings. The van der Waals surface area contributed by atoms with Crippen molar-refractivity contribution in [2.75, 3.05) is 0 Å². The molecule has 0 radical (unpaired) electrons. The standard InChI is InChI=1S/C22H38O6/c1-2-3-4-11-14-19(23)15-12-9-7-5-6-8-10-13-16-21(26)28-22(27)18-17-20(24)25/h9,12,19,23H,2-8,10-11,13-18H2,1H3,(H,24,25)/b12-9-/t19-/m1/s1. The summed E-state index contributed by atoms with van der Waals surface area (Å²) >= 11 is 0. The molecule has 0 aromatic heterocycles. The van der Waals surface area contributed by atoms with Gasteiger partial charge in [-0.3, -0.25) is 14.4 Å². The molecule has 162 valence electrons. The molecule has 0 heterocycles. The van der Waals surface area contributed by atoms with Crippen molar-refractivity contribution in [1.29, 1.82) is 0 Å². The molecule has 1 atom stereocenters. The average Bonchev–Trinajstić information content (AvgIpc) is 2.65. The number of esters is 2. The van der Waals surface area contributed by atoms with Crippen molar-refractivity contribution in [3.8, 4) is 0 Å². The second-order valence-electron chi connectivity index (χ2n) is 7.26. The summed E-state index contributed by atoms with van der Waals surface area (Å²) in [5.74, 6) is -2.44. The van der Waals surface area contributed by atoms with E-state index in [0.29, 0.717) is 6.42 Å². The molecule has 0 amide bonds. The number of carboxylic acid groups (broad SMARTS) is 1. The number of carbonyl (C=O) groups excluding carboxylic acids is 2. The van der Waals surface area contributed by atoms with E-state index in [1.54, 1.807) is 0 Å². The number of carboxylic acids is 1. The molecule has 6 heteroatoms. The Balaban J connectivity index is 3.46. The van der Waals surface area contributed by atoms with Crippen LogP contribution in [-0.4, -0.2) is 34.2 Å². The zero-order valence-corrected chi connectivity index (χ0v) is 17.4. The van der Waals surface area contributed by atoms with Gasteiger partial charge in [-0.05, 0) is 32.1 Å². The SMILES string of the molecule is CCCCCC[C@@H](O)C/C=C\CCCCCCCC(=O)OC(=O)CCC(=O)O. The Morgan fingerprint density at radius 3 is 2.18 bits per heavy atom. The van der Waals surface area contributed by atoms with E-state index >= 15 is 0 Å². The molecule has 0 spiro atoms. The lowest BCUT2D eigenvalue weighted by Crippen LogP contribution is -2.13. The molecule has 0 aliphatic heterocycles. The molecule has 0 unspecified atom stereocenters. The molecule has 2 N–H and O–H groups in total. The lowest BCUT2D eigenvalue weighted by molar-refractivity contribution is -0.161. The summed E-state index contributed by atoms with van der Waals surface area (Å²) in [5.41, 5.74) is 0. The van der Waals surface area contributed by atoms with Gasteiger partial charge in [-0.15, -0.1) is 0 Å². The Labute approximate surface area is 169 Å². The summed E-state index contributed by atoms with van der Waals surface area (Å²) in [6.45, 7) is 2.18. The second-order valence-corrected chi connectivity index (χ2v) is 7.26. The summed E-state index contributed by atoms with van der Waals surface area (Å²) in [4.78, 5) is 33.0. The molecular formula is C22H38O6. The molecular weight excluding hydrogens is 360 g/mol.